The summed E-state index contributed by atoms with van der Waals surface area (Å²) in [6.45, 7) is 8.43. The summed E-state index contributed by atoms with van der Waals surface area (Å²) in [7, 11) is 0. The average molecular weight is 286 g/mol. The summed E-state index contributed by atoms with van der Waals surface area (Å²) in [5.41, 5.74) is 4.04. The van der Waals surface area contributed by atoms with Crippen LogP contribution >= 0.6 is 0 Å². The van der Waals surface area contributed by atoms with Crippen molar-refractivity contribution in [2.45, 2.75) is 46.1 Å². The van der Waals surface area contributed by atoms with Crippen LogP contribution in [0.4, 0.5) is 0 Å². The molecule has 1 aliphatic heterocycles. The Morgan fingerprint density at radius 3 is 2.48 bits per heavy atom. The molecular weight excluding hydrogens is 260 g/mol. The lowest BCUT2D eigenvalue weighted by atomic mass is 9.91. The van der Waals surface area contributed by atoms with E-state index in [1.807, 2.05) is 0 Å². The molecule has 1 aliphatic carbocycles. The van der Waals surface area contributed by atoms with Crippen LogP contribution in [0.5, 0.6) is 0 Å². The van der Waals surface area contributed by atoms with Gasteiger partial charge in [0.2, 0.25) is 5.91 Å². The summed E-state index contributed by atoms with van der Waals surface area (Å²) in [6, 6.07) is 6.61. The van der Waals surface area contributed by atoms with Crippen molar-refractivity contribution in [2.75, 3.05) is 13.1 Å². The number of hydrogen-bond donors (Lipinski definition) is 2. The van der Waals surface area contributed by atoms with Gasteiger partial charge in [-0.1, -0.05) is 29.3 Å². The Hall–Kier alpha value is -1.35. The first-order chi connectivity index (χ1) is 10.00. The molecule has 0 radical (unpaired) electrons. The van der Waals surface area contributed by atoms with Crippen LogP contribution in [-0.4, -0.2) is 19.0 Å². The van der Waals surface area contributed by atoms with Crippen LogP contribution in [0.3, 0.4) is 0 Å². The zero-order valence-corrected chi connectivity index (χ0v) is 13.3. The second-order valence-electron chi connectivity index (χ2n) is 7.02. The minimum atomic E-state index is 0.0930. The predicted octanol–water partition coefficient (Wildman–Crippen LogP) is 2.87. The van der Waals surface area contributed by atoms with Gasteiger partial charge in [-0.3, -0.25) is 4.79 Å². The Bertz CT molecular complexity index is 526. The van der Waals surface area contributed by atoms with Gasteiger partial charge in [-0.15, -0.1) is 0 Å². The Morgan fingerprint density at radius 2 is 1.86 bits per heavy atom. The second-order valence-corrected chi connectivity index (χ2v) is 7.02. The van der Waals surface area contributed by atoms with Crippen molar-refractivity contribution in [1.29, 1.82) is 0 Å². The molecule has 1 saturated heterocycles. The van der Waals surface area contributed by atoms with Crippen molar-refractivity contribution in [1.82, 2.24) is 10.6 Å². The van der Waals surface area contributed by atoms with E-state index in [9.17, 15) is 4.79 Å². The lowest BCUT2D eigenvalue weighted by Gasteiger charge is -2.24. The summed E-state index contributed by atoms with van der Waals surface area (Å²) in [5, 5.41) is 6.61. The van der Waals surface area contributed by atoms with E-state index in [2.05, 4.69) is 49.6 Å². The number of benzene rings is 1. The summed E-state index contributed by atoms with van der Waals surface area (Å²) in [5.74, 6) is 0.497. The van der Waals surface area contributed by atoms with E-state index in [0.29, 0.717) is 5.41 Å². The van der Waals surface area contributed by atoms with Gasteiger partial charge in [0.15, 0.2) is 0 Å². The third-order valence-electron chi connectivity index (χ3n) is 5.21. The predicted molar refractivity (Wildman–Crippen MR) is 85.1 cm³/mol. The molecule has 1 aromatic carbocycles. The van der Waals surface area contributed by atoms with Gasteiger partial charge in [0.25, 0.3) is 0 Å². The fourth-order valence-electron chi connectivity index (χ4n) is 3.85. The van der Waals surface area contributed by atoms with Crippen molar-refractivity contribution in [3.63, 3.8) is 0 Å². The molecule has 1 aromatic rings. The SMILES string of the molecule is Cc1cc(C)cc(C(C)NC(=O)C2CC23CCNCC3)c1. The van der Waals surface area contributed by atoms with Crippen molar-refractivity contribution < 1.29 is 4.79 Å². The van der Waals surface area contributed by atoms with Crippen molar-refractivity contribution in [2.24, 2.45) is 11.3 Å². The molecule has 1 saturated carbocycles. The molecule has 3 nitrogen and oxygen atoms in total. The quantitative estimate of drug-likeness (QED) is 0.897. The topological polar surface area (TPSA) is 41.1 Å². The monoisotopic (exact) mass is 286 g/mol. The highest BCUT2D eigenvalue weighted by Gasteiger charge is 2.57. The number of piperidine rings is 1. The van der Waals surface area contributed by atoms with Gasteiger partial charge < -0.3 is 10.6 Å². The fraction of sp³-hybridized carbons (Fsp3) is 0.611. The molecule has 1 amide bonds. The van der Waals surface area contributed by atoms with Crippen molar-refractivity contribution in [3.8, 4) is 0 Å². The highest BCUT2D eigenvalue weighted by molar-refractivity contribution is 5.83. The summed E-state index contributed by atoms with van der Waals surface area (Å²) in [6.07, 6.45) is 3.39. The number of rotatable bonds is 3. The standard InChI is InChI=1S/C18H26N2O/c1-12-8-13(2)10-15(9-12)14(3)20-17(21)16-11-18(16)4-6-19-7-5-18/h8-10,14,16,19H,4-7,11H2,1-3H3,(H,20,21). The van der Waals surface area contributed by atoms with Gasteiger partial charge >= 0.3 is 0 Å². The van der Waals surface area contributed by atoms with Crippen molar-refractivity contribution >= 4 is 5.91 Å². The molecule has 1 spiro atoms. The van der Waals surface area contributed by atoms with Gasteiger partial charge in [0.1, 0.15) is 0 Å². The van der Waals surface area contributed by atoms with E-state index < -0.39 is 0 Å². The first-order valence-electron chi connectivity index (χ1n) is 8.09. The number of carbonyl (C=O) groups excluding carboxylic acids is 1. The summed E-state index contributed by atoms with van der Waals surface area (Å²) < 4.78 is 0. The zero-order valence-electron chi connectivity index (χ0n) is 13.3. The molecular formula is C18H26N2O. The molecule has 2 fully saturated rings. The number of aryl methyl sites for hydroxylation is 2. The maximum absolute atomic E-state index is 12.5. The van der Waals surface area contributed by atoms with Gasteiger partial charge in [-0.25, -0.2) is 0 Å². The van der Waals surface area contributed by atoms with Gasteiger partial charge in [0.05, 0.1) is 6.04 Å². The number of nitrogens with one attached hydrogen (secondary N) is 2. The van der Waals surface area contributed by atoms with Gasteiger partial charge in [0, 0.05) is 5.92 Å². The molecule has 114 valence electrons. The maximum atomic E-state index is 12.5. The number of carbonyl (C=O) groups is 1. The Balaban J connectivity index is 1.62. The van der Waals surface area contributed by atoms with Crippen LogP contribution in [0.25, 0.3) is 0 Å². The van der Waals surface area contributed by atoms with Crippen LogP contribution in [0, 0.1) is 25.2 Å². The zero-order chi connectivity index (χ0) is 15.0. The lowest BCUT2D eigenvalue weighted by molar-refractivity contribution is -0.123. The first-order valence-corrected chi connectivity index (χ1v) is 8.09. The molecule has 2 unspecified atom stereocenters. The minimum absolute atomic E-state index is 0.0930. The van der Waals surface area contributed by atoms with E-state index in [1.54, 1.807) is 0 Å². The van der Waals surface area contributed by atoms with Crippen LogP contribution < -0.4 is 10.6 Å². The Morgan fingerprint density at radius 1 is 1.24 bits per heavy atom. The molecule has 2 N–H and O–H groups in total. The second kappa shape index (κ2) is 5.45. The molecule has 1 heterocycles. The smallest absolute Gasteiger partial charge is 0.224 e. The normalized spacial score (nSPS) is 24.6. The molecule has 0 aromatic heterocycles. The molecule has 2 aliphatic rings. The van der Waals surface area contributed by atoms with Gasteiger partial charge in [-0.2, -0.15) is 0 Å². The number of hydrogen-bond acceptors (Lipinski definition) is 2. The molecule has 2 atom stereocenters. The van der Waals surface area contributed by atoms with E-state index in [-0.39, 0.29) is 17.9 Å². The van der Waals surface area contributed by atoms with E-state index in [1.165, 1.54) is 16.7 Å². The fourth-order valence-corrected chi connectivity index (χ4v) is 3.85. The largest absolute Gasteiger partial charge is 0.349 e. The third kappa shape index (κ3) is 2.98. The van der Waals surface area contributed by atoms with Crippen molar-refractivity contribution in [3.05, 3.63) is 34.9 Å². The van der Waals surface area contributed by atoms with E-state index in [0.717, 1.165) is 32.4 Å². The molecule has 21 heavy (non-hydrogen) atoms. The van der Waals surface area contributed by atoms with Crippen LogP contribution in [0.2, 0.25) is 0 Å². The minimum Gasteiger partial charge on any atom is -0.349 e. The van der Waals surface area contributed by atoms with E-state index in [4.69, 9.17) is 0 Å². The average Bonchev–Trinajstić information content (AvgIpc) is 3.12. The van der Waals surface area contributed by atoms with Gasteiger partial charge in [-0.05, 0) is 64.1 Å². The summed E-state index contributed by atoms with van der Waals surface area (Å²) >= 11 is 0. The van der Waals surface area contributed by atoms with E-state index >= 15 is 0 Å². The highest BCUT2D eigenvalue weighted by atomic mass is 16.2. The molecule has 0 bridgehead atoms. The highest BCUT2D eigenvalue weighted by Crippen LogP contribution is 2.58. The molecule has 3 heteroatoms. The third-order valence-corrected chi connectivity index (χ3v) is 5.21. The maximum Gasteiger partial charge on any atom is 0.224 e. The Kier molecular flexibility index (Phi) is 3.78. The lowest BCUT2D eigenvalue weighted by Crippen LogP contribution is -2.34. The number of amides is 1. The first kappa shape index (κ1) is 14.6. The van der Waals surface area contributed by atoms with Crippen LogP contribution in [0.15, 0.2) is 18.2 Å². The summed E-state index contributed by atoms with van der Waals surface area (Å²) in [4.78, 5) is 12.5. The van der Waals surface area contributed by atoms with Crippen LogP contribution in [-0.2, 0) is 4.79 Å². The molecule has 3 rings (SSSR count). The Labute approximate surface area is 127 Å². The van der Waals surface area contributed by atoms with Crippen LogP contribution in [0.1, 0.15) is 48.9 Å².